The number of benzene rings is 1. The Kier molecular flexibility index (Phi) is 5.25. The number of rotatable bonds is 7. The molecule has 0 spiro atoms. The van der Waals surface area contributed by atoms with Gasteiger partial charge >= 0.3 is 5.97 Å². The average Bonchev–Trinajstić information content (AvgIpc) is 2.98. The third-order valence-corrected chi connectivity index (χ3v) is 2.76. The van der Waals surface area contributed by atoms with Crippen LogP contribution in [0.2, 0.25) is 0 Å². The molecule has 2 rings (SSSR count). The van der Waals surface area contributed by atoms with E-state index in [0.717, 1.165) is 5.56 Å². The lowest BCUT2D eigenvalue weighted by Gasteiger charge is -2.17. The highest BCUT2D eigenvalue weighted by Crippen LogP contribution is 2.14. The molecule has 1 atom stereocenters. The van der Waals surface area contributed by atoms with Gasteiger partial charge in [-0.3, -0.25) is 0 Å². The maximum Gasteiger partial charge on any atom is 0.327 e. The molecular formula is C14H17N3O3. The maximum absolute atomic E-state index is 12.0. The second-order valence-electron chi connectivity index (χ2n) is 4.15. The van der Waals surface area contributed by atoms with Crippen molar-refractivity contribution in [2.24, 2.45) is 0 Å². The lowest BCUT2D eigenvalue weighted by Crippen LogP contribution is -2.31. The molecule has 0 saturated carbocycles. The number of hydrogen-bond acceptors (Lipinski definition) is 6. The van der Waals surface area contributed by atoms with Gasteiger partial charge < -0.3 is 14.6 Å². The van der Waals surface area contributed by atoms with Crippen LogP contribution in [-0.2, 0) is 16.0 Å². The molecule has 2 aromatic rings. The molecule has 0 saturated heterocycles. The van der Waals surface area contributed by atoms with Crippen LogP contribution in [0.15, 0.2) is 41.2 Å². The number of carbonyl (C=O) groups excluding carboxylic acids is 1. The zero-order valence-electron chi connectivity index (χ0n) is 11.3. The second kappa shape index (κ2) is 7.40. The highest BCUT2D eigenvalue weighted by atomic mass is 16.5. The number of ether oxygens (including phenoxy) is 1. The van der Waals surface area contributed by atoms with Gasteiger partial charge in [0.15, 0.2) is 5.82 Å². The van der Waals surface area contributed by atoms with Crippen molar-refractivity contribution in [3.63, 3.8) is 0 Å². The van der Waals surface area contributed by atoms with E-state index in [1.807, 2.05) is 30.3 Å². The summed E-state index contributed by atoms with van der Waals surface area (Å²) in [6.45, 7) is 2.70. The van der Waals surface area contributed by atoms with Crippen molar-refractivity contribution < 1.29 is 14.1 Å². The third kappa shape index (κ3) is 3.89. The summed E-state index contributed by atoms with van der Waals surface area (Å²) in [5.41, 5.74) is 0.874. The molecule has 1 N–H and O–H groups in total. The molecule has 1 unspecified atom stereocenters. The van der Waals surface area contributed by atoms with Gasteiger partial charge in [-0.05, 0) is 12.5 Å². The van der Waals surface area contributed by atoms with Crippen molar-refractivity contribution in [1.82, 2.24) is 15.5 Å². The lowest BCUT2D eigenvalue weighted by atomic mass is 10.1. The van der Waals surface area contributed by atoms with E-state index in [9.17, 15) is 4.79 Å². The van der Waals surface area contributed by atoms with Crippen molar-refractivity contribution in [3.8, 4) is 0 Å². The van der Waals surface area contributed by atoms with E-state index in [2.05, 4.69) is 20.0 Å². The molecule has 0 radical (unpaired) electrons. The molecule has 6 nitrogen and oxygen atoms in total. The fraction of sp³-hybridized carbons (Fsp3) is 0.357. The van der Waals surface area contributed by atoms with E-state index >= 15 is 0 Å². The van der Waals surface area contributed by atoms with E-state index in [1.54, 1.807) is 6.92 Å². The van der Waals surface area contributed by atoms with E-state index in [-0.39, 0.29) is 5.97 Å². The molecule has 106 valence electrons. The van der Waals surface area contributed by atoms with E-state index in [0.29, 0.717) is 25.4 Å². The van der Waals surface area contributed by atoms with Crippen LogP contribution in [0.1, 0.15) is 24.4 Å². The highest BCUT2D eigenvalue weighted by molar-refractivity contribution is 5.77. The van der Waals surface area contributed by atoms with Crippen LogP contribution in [0, 0.1) is 0 Å². The van der Waals surface area contributed by atoms with E-state index in [1.165, 1.54) is 6.39 Å². The highest BCUT2D eigenvalue weighted by Gasteiger charge is 2.21. The summed E-state index contributed by atoms with van der Waals surface area (Å²) in [5, 5.41) is 6.89. The van der Waals surface area contributed by atoms with Crippen LogP contribution in [0.5, 0.6) is 0 Å². The monoisotopic (exact) mass is 275 g/mol. The SMILES string of the molecule is CCOC(=O)C(NCCc1ncon1)c1ccccc1. The smallest absolute Gasteiger partial charge is 0.327 e. The number of hydrogen-bond donors (Lipinski definition) is 1. The van der Waals surface area contributed by atoms with E-state index < -0.39 is 6.04 Å². The molecule has 1 aromatic carbocycles. The van der Waals surface area contributed by atoms with Gasteiger partial charge in [0.1, 0.15) is 6.04 Å². The van der Waals surface area contributed by atoms with Crippen molar-refractivity contribution in [2.75, 3.05) is 13.2 Å². The number of esters is 1. The molecule has 20 heavy (non-hydrogen) atoms. The van der Waals surface area contributed by atoms with Crippen molar-refractivity contribution in [3.05, 3.63) is 48.1 Å². The fourth-order valence-corrected chi connectivity index (χ4v) is 1.84. The summed E-state index contributed by atoms with van der Waals surface area (Å²) in [4.78, 5) is 15.9. The number of aromatic nitrogens is 2. The number of carbonyl (C=O) groups is 1. The first kappa shape index (κ1) is 14.2. The molecule has 0 aliphatic heterocycles. The first-order chi connectivity index (χ1) is 9.81. The van der Waals surface area contributed by atoms with Gasteiger partial charge in [0.05, 0.1) is 6.61 Å². The predicted octanol–water partition coefficient (Wildman–Crippen LogP) is 1.51. The van der Waals surface area contributed by atoms with Gasteiger partial charge in [-0.25, -0.2) is 4.79 Å². The Balaban J connectivity index is 1.97. The molecule has 0 amide bonds. The summed E-state index contributed by atoms with van der Waals surface area (Å²) < 4.78 is 9.76. The lowest BCUT2D eigenvalue weighted by molar-refractivity contribution is -0.145. The zero-order chi connectivity index (χ0) is 14.2. The van der Waals surface area contributed by atoms with Crippen LogP contribution in [0.3, 0.4) is 0 Å². The Hall–Kier alpha value is -2.21. The van der Waals surface area contributed by atoms with Gasteiger partial charge in [0.25, 0.3) is 0 Å². The molecule has 1 aromatic heterocycles. The third-order valence-electron chi connectivity index (χ3n) is 2.76. The molecule has 0 aliphatic rings. The molecule has 6 heteroatoms. The predicted molar refractivity (Wildman–Crippen MR) is 71.8 cm³/mol. The Morgan fingerprint density at radius 1 is 1.40 bits per heavy atom. The van der Waals surface area contributed by atoms with Gasteiger partial charge in [0.2, 0.25) is 6.39 Å². The second-order valence-corrected chi connectivity index (χ2v) is 4.15. The first-order valence-electron chi connectivity index (χ1n) is 6.51. The van der Waals surface area contributed by atoms with Gasteiger partial charge in [-0.15, -0.1) is 0 Å². The van der Waals surface area contributed by atoms with Crippen molar-refractivity contribution in [2.45, 2.75) is 19.4 Å². The van der Waals surface area contributed by atoms with Gasteiger partial charge in [-0.1, -0.05) is 35.5 Å². The van der Waals surface area contributed by atoms with Crippen LogP contribution < -0.4 is 5.32 Å². The number of nitrogens with zero attached hydrogens (tertiary/aromatic N) is 2. The summed E-state index contributed by atoms with van der Waals surface area (Å²) in [7, 11) is 0. The largest absolute Gasteiger partial charge is 0.465 e. The Morgan fingerprint density at radius 3 is 2.85 bits per heavy atom. The molecule has 0 bridgehead atoms. The van der Waals surface area contributed by atoms with E-state index in [4.69, 9.17) is 4.74 Å². The van der Waals surface area contributed by atoms with Gasteiger partial charge in [0, 0.05) is 13.0 Å². The fourth-order valence-electron chi connectivity index (χ4n) is 1.84. The maximum atomic E-state index is 12.0. The van der Waals surface area contributed by atoms with Crippen molar-refractivity contribution in [1.29, 1.82) is 0 Å². The average molecular weight is 275 g/mol. The minimum Gasteiger partial charge on any atom is -0.465 e. The normalized spacial score (nSPS) is 12.1. The molecular weight excluding hydrogens is 258 g/mol. The zero-order valence-corrected chi connectivity index (χ0v) is 11.3. The van der Waals surface area contributed by atoms with Crippen LogP contribution >= 0.6 is 0 Å². The van der Waals surface area contributed by atoms with Gasteiger partial charge in [-0.2, -0.15) is 4.98 Å². The Bertz CT molecular complexity index is 514. The van der Waals surface area contributed by atoms with Crippen LogP contribution in [-0.4, -0.2) is 29.3 Å². The summed E-state index contributed by atoms with van der Waals surface area (Å²) in [6.07, 6.45) is 1.87. The quantitative estimate of drug-likeness (QED) is 0.772. The molecule has 0 aliphatic carbocycles. The summed E-state index contributed by atoms with van der Waals surface area (Å²) in [6, 6.07) is 8.99. The Labute approximate surface area is 117 Å². The minimum absolute atomic E-state index is 0.285. The molecule has 1 heterocycles. The standard InChI is InChI=1S/C14H17N3O3/c1-2-19-14(18)13(11-6-4-3-5-7-11)15-9-8-12-16-10-20-17-12/h3-7,10,13,15H,2,8-9H2,1H3. The van der Waals surface area contributed by atoms with Crippen LogP contribution in [0.25, 0.3) is 0 Å². The Morgan fingerprint density at radius 2 is 2.20 bits per heavy atom. The van der Waals surface area contributed by atoms with Crippen molar-refractivity contribution >= 4 is 5.97 Å². The first-order valence-corrected chi connectivity index (χ1v) is 6.51. The number of nitrogens with one attached hydrogen (secondary N) is 1. The summed E-state index contributed by atoms with van der Waals surface area (Å²) >= 11 is 0. The topological polar surface area (TPSA) is 77.2 Å². The van der Waals surface area contributed by atoms with Crippen LogP contribution in [0.4, 0.5) is 0 Å². The molecule has 0 fully saturated rings. The minimum atomic E-state index is -0.483. The summed E-state index contributed by atoms with van der Waals surface area (Å²) in [5.74, 6) is 0.319.